The third kappa shape index (κ3) is 2.45. The topological polar surface area (TPSA) is 96.8 Å². The Bertz CT molecular complexity index is 1130. The predicted octanol–water partition coefficient (Wildman–Crippen LogP) is 2.86. The fourth-order valence-corrected chi connectivity index (χ4v) is 2.62. The summed E-state index contributed by atoms with van der Waals surface area (Å²) in [6, 6.07) is 5.18. The van der Waals surface area contributed by atoms with Crippen molar-refractivity contribution in [1.29, 1.82) is 0 Å². The molecule has 0 aliphatic rings. The van der Waals surface area contributed by atoms with Gasteiger partial charge in [-0.3, -0.25) is 4.98 Å². The van der Waals surface area contributed by atoms with E-state index in [2.05, 4.69) is 20.2 Å². The van der Waals surface area contributed by atoms with Gasteiger partial charge >= 0.3 is 5.76 Å². The van der Waals surface area contributed by atoms with Crippen molar-refractivity contribution in [2.45, 2.75) is 0 Å². The van der Waals surface area contributed by atoms with E-state index < -0.39 is 17.4 Å². The van der Waals surface area contributed by atoms with Gasteiger partial charge in [0, 0.05) is 11.5 Å². The van der Waals surface area contributed by atoms with Gasteiger partial charge in [0.05, 0.1) is 35.8 Å². The van der Waals surface area contributed by atoms with Crippen LogP contribution in [0.15, 0.2) is 39.7 Å². The number of methoxy groups -OCH3 is 1. The molecule has 0 spiro atoms. The molecule has 0 aliphatic carbocycles. The highest BCUT2D eigenvalue weighted by atomic mass is 19.1. The van der Waals surface area contributed by atoms with Crippen LogP contribution in [-0.2, 0) is 0 Å². The monoisotopic (exact) mass is 344 g/mol. The first-order chi connectivity index (χ1) is 12.1. The summed E-state index contributed by atoms with van der Waals surface area (Å²) in [5, 5.41) is 6.08. The van der Waals surface area contributed by atoms with E-state index in [1.165, 1.54) is 13.3 Å². The zero-order chi connectivity index (χ0) is 17.6. The summed E-state index contributed by atoms with van der Waals surface area (Å²) in [5.41, 5.74) is 1.02. The number of rotatable bonds is 3. The maximum atomic E-state index is 14.2. The van der Waals surface area contributed by atoms with E-state index in [-0.39, 0.29) is 22.4 Å². The highest BCUT2D eigenvalue weighted by molar-refractivity contribution is 6.01. The number of ether oxygens (including phenoxy) is 1. The number of nitrogens with zero attached hydrogens (tertiary/aromatic N) is 2. The molecule has 25 heavy (non-hydrogen) atoms. The predicted molar refractivity (Wildman–Crippen MR) is 84.1 cm³/mol. The average Bonchev–Trinajstić information content (AvgIpc) is 3.18. The van der Waals surface area contributed by atoms with Gasteiger partial charge in [0.15, 0.2) is 0 Å². The summed E-state index contributed by atoms with van der Waals surface area (Å²) < 4.78 is 37.9. The van der Waals surface area contributed by atoms with Crippen LogP contribution in [0, 0.1) is 11.6 Å². The highest BCUT2D eigenvalue weighted by Crippen LogP contribution is 2.37. The number of benzene rings is 1. The number of pyridine rings is 1. The Kier molecular flexibility index (Phi) is 3.34. The van der Waals surface area contributed by atoms with Gasteiger partial charge in [-0.1, -0.05) is 0 Å². The maximum Gasteiger partial charge on any atom is 0.434 e. The van der Waals surface area contributed by atoms with Crippen LogP contribution in [0.4, 0.5) is 8.78 Å². The SMILES string of the molecule is COc1ccc(-c2[nH]c3c(F)cc(F)cc3c2-c2n[nH]c(=O)o2)nc1. The number of fused-ring (bicyclic) bond motifs is 1. The zero-order valence-electron chi connectivity index (χ0n) is 12.8. The lowest BCUT2D eigenvalue weighted by molar-refractivity contribution is 0.413. The van der Waals surface area contributed by atoms with Crippen LogP contribution < -0.4 is 10.5 Å². The molecule has 4 rings (SSSR count). The molecule has 0 amide bonds. The van der Waals surface area contributed by atoms with Crippen LogP contribution in [-0.4, -0.2) is 27.3 Å². The molecular weight excluding hydrogens is 334 g/mol. The first-order valence-electron chi connectivity index (χ1n) is 7.14. The summed E-state index contributed by atoms with van der Waals surface area (Å²) in [6.07, 6.45) is 1.47. The number of halogens is 2. The van der Waals surface area contributed by atoms with E-state index in [1.807, 2.05) is 0 Å². The normalized spacial score (nSPS) is 11.2. The van der Waals surface area contributed by atoms with Crippen molar-refractivity contribution in [2.24, 2.45) is 0 Å². The molecule has 0 saturated carbocycles. The molecule has 3 aromatic heterocycles. The molecule has 0 atom stereocenters. The second kappa shape index (κ2) is 5.55. The van der Waals surface area contributed by atoms with Gasteiger partial charge in [-0.2, -0.15) is 0 Å². The molecule has 0 saturated heterocycles. The first-order valence-corrected chi connectivity index (χ1v) is 7.14. The number of aromatic nitrogens is 4. The largest absolute Gasteiger partial charge is 0.495 e. The summed E-state index contributed by atoms with van der Waals surface area (Å²) in [7, 11) is 1.50. The van der Waals surface area contributed by atoms with Gasteiger partial charge in [-0.15, -0.1) is 5.10 Å². The van der Waals surface area contributed by atoms with Crippen LogP contribution in [0.1, 0.15) is 0 Å². The molecule has 0 fully saturated rings. The van der Waals surface area contributed by atoms with Gasteiger partial charge < -0.3 is 14.1 Å². The second-order valence-electron chi connectivity index (χ2n) is 5.19. The Hall–Kier alpha value is -3.49. The van der Waals surface area contributed by atoms with Crippen LogP contribution in [0.25, 0.3) is 33.7 Å². The lowest BCUT2D eigenvalue weighted by atomic mass is 10.1. The lowest BCUT2D eigenvalue weighted by Crippen LogP contribution is -1.93. The number of H-pyrrole nitrogens is 2. The van der Waals surface area contributed by atoms with Crippen molar-refractivity contribution in [3.63, 3.8) is 0 Å². The van der Waals surface area contributed by atoms with Crippen molar-refractivity contribution in [2.75, 3.05) is 7.11 Å². The molecule has 7 nitrogen and oxygen atoms in total. The molecule has 3 heterocycles. The molecular formula is C16H10F2N4O3. The van der Waals surface area contributed by atoms with Crippen molar-refractivity contribution < 1.29 is 17.9 Å². The molecule has 0 aliphatic heterocycles. The first kappa shape index (κ1) is 15.1. The third-order valence-corrected chi connectivity index (χ3v) is 3.70. The smallest absolute Gasteiger partial charge is 0.434 e. The minimum atomic E-state index is -0.783. The van der Waals surface area contributed by atoms with Crippen LogP contribution in [0.2, 0.25) is 0 Å². The van der Waals surface area contributed by atoms with Gasteiger partial charge in [-0.05, 0) is 18.2 Å². The van der Waals surface area contributed by atoms with E-state index in [0.717, 1.165) is 12.1 Å². The van der Waals surface area contributed by atoms with E-state index in [4.69, 9.17) is 9.15 Å². The van der Waals surface area contributed by atoms with Gasteiger partial charge in [0.25, 0.3) is 5.89 Å². The molecule has 0 radical (unpaired) electrons. The molecule has 4 aromatic rings. The fourth-order valence-electron chi connectivity index (χ4n) is 2.62. The van der Waals surface area contributed by atoms with Crippen molar-refractivity contribution in [1.82, 2.24) is 20.2 Å². The number of hydrogen-bond acceptors (Lipinski definition) is 5. The number of aromatic amines is 2. The summed E-state index contributed by atoms with van der Waals surface area (Å²) in [4.78, 5) is 18.4. The average molecular weight is 344 g/mol. The third-order valence-electron chi connectivity index (χ3n) is 3.70. The Balaban J connectivity index is 2.05. The number of hydrogen-bond donors (Lipinski definition) is 2. The maximum absolute atomic E-state index is 14.2. The Labute approximate surface area is 138 Å². The molecule has 2 N–H and O–H groups in total. The highest BCUT2D eigenvalue weighted by Gasteiger charge is 2.22. The van der Waals surface area contributed by atoms with Crippen molar-refractivity contribution in [3.8, 4) is 28.6 Å². The minimum Gasteiger partial charge on any atom is -0.495 e. The van der Waals surface area contributed by atoms with E-state index >= 15 is 0 Å². The van der Waals surface area contributed by atoms with Crippen molar-refractivity contribution in [3.05, 3.63) is 52.6 Å². The van der Waals surface area contributed by atoms with E-state index in [1.54, 1.807) is 12.1 Å². The standard InChI is InChI=1S/C16H10F2N4O3/c1-24-8-2-3-11(19-6-8)14-12(15-21-22-16(23)25-15)9-4-7(17)5-10(18)13(9)20-14/h2-6,20H,1H3,(H,22,23). The van der Waals surface area contributed by atoms with Gasteiger partial charge in [-0.25, -0.2) is 18.7 Å². The summed E-state index contributed by atoms with van der Waals surface area (Å²) >= 11 is 0. The lowest BCUT2D eigenvalue weighted by Gasteiger charge is -2.02. The molecule has 9 heteroatoms. The van der Waals surface area contributed by atoms with Crippen molar-refractivity contribution >= 4 is 10.9 Å². The van der Waals surface area contributed by atoms with E-state index in [9.17, 15) is 13.6 Å². The van der Waals surface area contributed by atoms with Crippen LogP contribution >= 0.6 is 0 Å². The van der Waals surface area contributed by atoms with Crippen LogP contribution in [0.3, 0.4) is 0 Å². The van der Waals surface area contributed by atoms with E-state index in [0.29, 0.717) is 17.1 Å². The summed E-state index contributed by atoms with van der Waals surface area (Å²) in [6.45, 7) is 0. The van der Waals surface area contributed by atoms with Crippen LogP contribution in [0.5, 0.6) is 5.75 Å². The Morgan fingerprint density at radius 3 is 2.72 bits per heavy atom. The van der Waals surface area contributed by atoms with Gasteiger partial charge in [0.1, 0.15) is 17.4 Å². The second-order valence-corrected chi connectivity index (χ2v) is 5.19. The van der Waals surface area contributed by atoms with Gasteiger partial charge in [0.2, 0.25) is 0 Å². The molecule has 126 valence electrons. The quantitative estimate of drug-likeness (QED) is 0.596. The fraction of sp³-hybridized carbons (Fsp3) is 0.0625. The zero-order valence-corrected chi connectivity index (χ0v) is 12.8. The minimum absolute atomic E-state index is 0.0506. The number of nitrogens with one attached hydrogen (secondary N) is 2. The molecule has 0 bridgehead atoms. The molecule has 1 aromatic carbocycles. The summed E-state index contributed by atoms with van der Waals surface area (Å²) in [5.74, 6) is -1.90. The Morgan fingerprint density at radius 1 is 1.24 bits per heavy atom. The molecule has 0 unspecified atom stereocenters. The Morgan fingerprint density at radius 2 is 2.08 bits per heavy atom.